The molecule has 0 spiro atoms. The van der Waals surface area contributed by atoms with Gasteiger partial charge in [-0.1, -0.05) is 6.58 Å². The number of carbonyl (C=O) groups is 1. The summed E-state index contributed by atoms with van der Waals surface area (Å²) in [6.45, 7) is 8.07. The highest BCUT2D eigenvalue weighted by molar-refractivity contribution is 5.87. The number of piperazine rings is 1. The molecule has 0 N–H and O–H groups in total. The second-order valence-corrected chi connectivity index (χ2v) is 11.7. The number of ether oxygens (including phenoxy) is 1. The van der Waals surface area contributed by atoms with Crippen molar-refractivity contribution in [3.8, 4) is 12.1 Å². The highest BCUT2D eigenvalue weighted by Crippen LogP contribution is 2.36. The maximum Gasteiger partial charge on any atom is 0.318 e. The van der Waals surface area contributed by atoms with Crippen molar-refractivity contribution in [3.63, 3.8) is 0 Å². The summed E-state index contributed by atoms with van der Waals surface area (Å²) in [6, 6.07) is 7.44. The molecule has 1 amide bonds. The number of hydrogen-bond donors (Lipinski definition) is 0. The molecular weight excluding hydrogens is 516 g/mol. The summed E-state index contributed by atoms with van der Waals surface area (Å²) < 4.78 is 6.30. The Morgan fingerprint density at radius 2 is 2.05 bits per heavy atom. The molecular formula is C31H40N8O2. The SMILES string of the molecule is C=CC(=O)N1CCN(c2nc(OC[C@@H]3CCCN3C)nc3c2CCC(N2CCCc4ncccc42)C3)C[C@@H]1CC#N. The molecule has 10 heteroatoms. The van der Waals surface area contributed by atoms with Gasteiger partial charge in [-0.2, -0.15) is 15.2 Å². The molecule has 216 valence electrons. The van der Waals surface area contributed by atoms with E-state index in [0.29, 0.717) is 44.3 Å². The van der Waals surface area contributed by atoms with Crippen LogP contribution in [0.1, 0.15) is 49.1 Å². The van der Waals surface area contributed by atoms with Crippen molar-refractivity contribution in [2.24, 2.45) is 0 Å². The number of aryl methyl sites for hydroxylation is 1. The normalized spacial score (nSPS) is 24.4. The quantitative estimate of drug-likeness (QED) is 0.477. The topological polar surface area (TPSA) is 102 Å². The lowest BCUT2D eigenvalue weighted by Crippen LogP contribution is -2.55. The highest BCUT2D eigenvalue weighted by Gasteiger charge is 2.35. The summed E-state index contributed by atoms with van der Waals surface area (Å²) in [6.07, 6.45) is 10.7. The standard InChI is InChI=1S/C31H40N8O2/c1-3-29(40)39-18-17-37(20-23(39)12-13-32)30-25-11-10-22(38-16-6-8-26-28(38)9-4-14-33-26)19-27(25)34-31(35-30)41-21-24-7-5-15-36(24)2/h3-4,9,14,22-24H,1,5-8,10-12,15-21H2,2H3/t22?,23-,24-/m0/s1. The minimum absolute atomic E-state index is 0.126. The number of amides is 1. The Bertz CT molecular complexity index is 1330. The van der Waals surface area contributed by atoms with Crippen LogP contribution in [-0.4, -0.2) is 95.2 Å². The third-order valence-corrected chi connectivity index (χ3v) is 9.28. The number of rotatable bonds is 7. The van der Waals surface area contributed by atoms with Gasteiger partial charge in [0.1, 0.15) is 12.4 Å². The van der Waals surface area contributed by atoms with Crippen molar-refractivity contribution in [2.75, 3.05) is 56.2 Å². The van der Waals surface area contributed by atoms with E-state index in [2.05, 4.69) is 45.4 Å². The maximum atomic E-state index is 12.5. The van der Waals surface area contributed by atoms with Crippen molar-refractivity contribution in [3.05, 3.63) is 47.9 Å². The number of aromatic nitrogens is 3. The second-order valence-electron chi connectivity index (χ2n) is 11.7. The fourth-order valence-electron chi connectivity index (χ4n) is 7.04. The molecule has 0 saturated carbocycles. The molecule has 0 bridgehead atoms. The Hall–Kier alpha value is -3.71. The van der Waals surface area contributed by atoms with Crippen LogP contribution in [0.4, 0.5) is 11.5 Å². The number of hydrogen-bond acceptors (Lipinski definition) is 9. The van der Waals surface area contributed by atoms with Crippen molar-refractivity contribution in [1.82, 2.24) is 24.8 Å². The van der Waals surface area contributed by atoms with Crippen LogP contribution >= 0.6 is 0 Å². The molecule has 1 aliphatic carbocycles. The number of pyridine rings is 1. The van der Waals surface area contributed by atoms with Gasteiger partial charge in [0.25, 0.3) is 0 Å². The summed E-state index contributed by atoms with van der Waals surface area (Å²) in [5, 5.41) is 9.51. The molecule has 0 radical (unpaired) electrons. The van der Waals surface area contributed by atoms with Gasteiger partial charge in [-0.15, -0.1) is 0 Å². The summed E-state index contributed by atoms with van der Waals surface area (Å²) in [7, 11) is 2.15. The van der Waals surface area contributed by atoms with Gasteiger partial charge < -0.3 is 24.3 Å². The van der Waals surface area contributed by atoms with E-state index in [1.54, 1.807) is 4.90 Å². The third-order valence-electron chi connectivity index (χ3n) is 9.28. The molecule has 6 rings (SSSR count). The Labute approximate surface area is 242 Å². The predicted molar refractivity (Wildman–Crippen MR) is 157 cm³/mol. The fraction of sp³-hybridized carbons (Fsp3) is 0.581. The van der Waals surface area contributed by atoms with Crippen molar-refractivity contribution in [2.45, 2.75) is 69.5 Å². The van der Waals surface area contributed by atoms with Crippen molar-refractivity contribution in [1.29, 1.82) is 5.26 Å². The summed E-state index contributed by atoms with van der Waals surface area (Å²) in [4.78, 5) is 36.1. The number of nitriles is 1. The first-order chi connectivity index (χ1) is 20.1. The van der Waals surface area contributed by atoms with Crippen LogP contribution < -0.4 is 14.5 Å². The van der Waals surface area contributed by atoms with Gasteiger partial charge in [0.2, 0.25) is 5.91 Å². The molecule has 41 heavy (non-hydrogen) atoms. The van der Waals surface area contributed by atoms with E-state index in [1.807, 2.05) is 12.3 Å². The smallest absolute Gasteiger partial charge is 0.318 e. The average Bonchev–Trinajstić information content (AvgIpc) is 3.43. The van der Waals surface area contributed by atoms with Gasteiger partial charge in [-0.25, -0.2) is 0 Å². The summed E-state index contributed by atoms with van der Waals surface area (Å²) in [5.41, 5.74) is 4.67. The van der Waals surface area contributed by atoms with Crippen LogP contribution in [0.3, 0.4) is 0 Å². The average molecular weight is 557 g/mol. The van der Waals surface area contributed by atoms with E-state index in [9.17, 15) is 10.1 Å². The Balaban J connectivity index is 1.29. The van der Waals surface area contributed by atoms with Crippen molar-refractivity contribution >= 4 is 17.4 Å². The maximum absolute atomic E-state index is 12.5. The lowest BCUT2D eigenvalue weighted by atomic mass is 9.89. The van der Waals surface area contributed by atoms with Crippen molar-refractivity contribution < 1.29 is 9.53 Å². The third kappa shape index (κ3) is 5.60. The van der Waals surface area contributed by atoms with E-state index in [4.69, 9.17) is 14.7 Å². The van der Waals surface area contributed by atoms with E-state index in [0.717, 1.165) is 63.1 Å². The molecule has 1 unspecified atom stereocenters. The molecule has 4 aliphatic rings. The van der Waals surface area contributed by atoms with Crippen LogP contribution in [0.2, 0.25) is 0 Å². The molecule has 2 aromatic rings. The zero-order valence-electron chi connectivity index (χ0n) is 24.0. The predicted octanol–water partition coefficient (Wildman–Crippen LogP) is 2.77. The fourth-order valence-corrected chi connectivity index (χ4v) is 7.04. The van der Waals surface area contributed by atoms with Gasteiger partial charge >= 0.3 is 6.01 Å². The van der Waals surface area contributed by atoms with Crippen LogP contribution in [0.15, 0.2) is 31.0 Å². The number of nitrogens with zero attached hydrogens (tertiary/aromatic N) is 8. The molecule has 3 atom stereocenters. The number of fused-ring (bicyclic) bond motifs is 2. The molecule has 2 aromatic heterocycles. The molecule has 3 aliphatic heterocycles. The minimum Gasteiger partial charge on any atom is -0.462 e. The summed E-state index contributed by atoms with van der Waals surface area (Å²) >= 11 is 0. The second kappa shape index (κ2) is 12.0. The Morgan fingerprint density at radius 3 is 2.85 bits per heavy atom. The van der Waals surface area contributed by atoms with Gasteiger partial charge in [0.15, 0.2) is 0 Å². The number of likely N-dealkylation sites (N-methyl/N-ethyl adjacent to an activating group) is 1. The van der Waals surface area contributed by atoms with Gasteiger partial charge in [-0.05, 0) is 70.3 Å². The number of likely N-dealkylation sites (tertiary alicyclic amines) is 1. The Kier molecular flexibility index (Phi) is 8.06. The largest absolute Gasteiger partial charge is 0.462 e. The first-order valence-electron chi connectivity index (χ1n) is 15.0. The molecule has 2 fully saturated rings. The molecule has 10 nitrogen and oxygen atoms in total. The Morgan fingerprint density at radius 1 is 1.15 bits per heavy atom. The summed E-state index contributed by atoms with van der Waals surface area (Å²) in [5.74, 6) is 0.774. The van der Waals surface area contributed by atoms with Crippen LogP contribution in [0.5, 0.6) is 6.01 Å². The van der Waals surface area contributed by atoms with E-state index in [-0.39, 0.29) is 18.4 Å². The lowest BCUT2D eigenvalue weighted by Gasteiger charge is -2.43. The van der Waals surface area contributed by atoms with E-state index < -0.39 is 0 Å². The monoisotopic (exact) mass is 556 g/mol. The van der Waals surface area contributed by atoms with Crippen LogP contribution in [0, 0.1) is 11.3 Å². The lowest BCUT2D eigenvalue weighted by molar-refractivity contribution is -0.128. The number of anilines is 2. The first-order valence-corrected chi connectivity index (χ1v) is 15.0. The first kappa shape index (κ1) is 27.5. The number of carbonyl (C=O) groups excluding carboxylic acids is 1. The van der Waals surface area contributed by atoms with Gasteiger partial charge in [0.05, 0.1) is 35.6 Å². The molecule has 0 aromatic carbocycles. The molecule has 5 heterocycles. The van der Waals surface area contributed by atoms with Crippen LogP contribution in [-0.2, 0) is 24.1 Å². The minimum atomic E-state index is -0.213. The zero-order valence-corrected chi connectivity index (χ0v) is 24.0. The van der Waals surface area contributed by atoms with Crippen LogP contribution in [0.25, 0.3) is 0 Å². The van der Waals surface area contributed by atoms with Gasteiger partial charge in [0, 0.05) is 56.4 Å². The van der Waals surface area contributed by atoms with E-state index >= 15 is 0 Å². The van der Waals surface area contributed by atoms with E-state index in [1.165, 1.54) is 29.4 Å². The zero-order chi connectivity index (χ0) is 28.3. The molecule has 2 saturated heterocycles. The highest BCUT2D eigenvalue weighted by atomic mass is 16.5. The van der Waals surface area contributed by atoms with Gasteiger partial charge in [-0.3, -0.25) is 9.78 Å².